The average Bonchev–Trinajstić information content (AvgIpc) is 2.33. The zero-order valence-electron chi connectivity index (χ0n) is 11.2. The molecule has 96 valence electrons. The van der Waals surface area contributed by atoms with Gasteiger partial charge < -0.3 is 4.74 Å². The van der Waals surface area contributed by atoms with Crippen LogP contribution < -0.4 is 0 Å². The summed E-state index contributed by atoms with van der Waals surface area (Å²) in [6, 6.07) is 8.23. The highest BCUT2D eigenvalue weighted by atomic mass is 17.2. The van der Waals surface area contributed by atoms with E-state index < -0.39 is 11.4 Å². The van der Waals surface area contributed by atoms with E-state index in [1.807, 2.05) is 32.9 Å². The predicted molar refractivity (Wildman–Crippen MR) is 68.6 cm³/mol. The summed E-state index contributed by atoms with van der Waals surface area (Å²) in [7, 11) is 0. The minimum absolute atomic E-state index is 0.129. The fourth-order valence-corrected chi connectivity index (χ4v) is 2.64. The van der Waals surface area contributed by atoms with E-state index in [4.69, 9.17) is 14.5 Å². The number of fused-ring (bicyclic) bond motifs is 3. The van der Waals surface area contributed by atoms with Crippen molar-refractivity contribution in [3.8, 4) is 0 Å². The van der Waals surface area contributed by atoms with E-state index in [2.05, 4.69) is 25.1 Å². The van der Waals surface area contributed by atoms with Crippen molar-refractivity contribution in [3.05, 3.63) is 41.5 Å². The minimum Gasteiger partial charge on any atom is -0.337 e. The summed E-state index contributed by atoms with van der Waals surface area (Å²) >= 11 is 0. The summed E-state index contributed by atoms with van der Waals surface area (Å²) in [4.78, 5) is 11.1. The molecular formula is C15H18O3. The van der Waals surface area contributed by atoms with Crippen LogP contribution in [0.5, 0.6) is 0 Å². The molecule has 1 aliphatic heterocycles. The molecule has 3 heteroatoms. The van der Waals surface area contributed by atoms with Gasteiger partial charge in [0, 0.05) is 0 Å². The first-order valence-electron chi connectivity index (χ1n) is 6.25. The highest BCUT2D eigenvalue weighted by Crippen LogP contribution is 2.46. The zero-order chi connectivity index (χ0) is 13.0. The molecule has 1 heterocycles. The van der Waals surface area contributed by atoms with Crippen molar-refractivity contribution in [2.75, 3.05) is 0 Å². The summed E-state index contributed by atoms with van der Waals surface area (Å²) in [5, 5.41) is 0. The van der Waals surface area contributed by atoms with Crippen molar-refractivity contribution < 1.29 is 14.5 Å². The summed E-state index contributed by atoms with van der Waals surface area (Å²) in [5.41, 5.74) is 2.95. The van der Waals surface area contributed by atoms with Gasteiger partial charge in [-0.15, -0.1) is 0 Å². The molecule has 1 aromatic carbocycles. The smallest absolute Gasteiger partial charge is 0.196 e. The van der Waals surface area contributed by atoms with Crippen molar-refractivity contribution in [1.82, 2.24) is 0 Å². The molecule has 0 radical (unpaired) electrons. The Morgan fingerprint density at radius 2 is 1.78 bits per heavy atom. The minimum atomic E-state index is -0.715. The van der Waals surface area contributed by atoms with Gasteiger partial charge in [-0.3, -0.25) is 0 Å². The van der Waals surface area contributed by atoms with E-state index in [1.165, 1.54) is 11.1 Å². The summed E-state index contributed by atoms with van der Waals surface area (Å²) in [5.74, 6) is -0.715. The number of ether oxygens (including phenoxy) is 1. The third-order valence-corrected chi connectivity index (χ3v) is 3.66. The van der Waals surface area contributed by atoms with E-state index in [0.717, 1.165) is 5.56 Å². The quantitative estimate of drug-likeness (QED) is 0.657. The molecule has 0 bridgehead atoms. The molecule has 3 nitrogen and oxygen atoms in total. The molecule has 0 spiro atoms. The van der Waals surface area contributed by atoms with Crippen molar-refractivity contribution in [2.45, 2.75) is 45.2 Å². The van der Waals surface area contributed by atoms with Crippen LogP contribution in [0.3, 0.4) is 0 Å². The molecule has 2 atom stereocenters. The van der Waals surface area contributed by atoms with Crippen LogP contribution in [-0.2, 0) is 20.1 Å². The number of hydrogen-bond donors (Lipinski definition) is 0. The van der Waals surface area contributed by atoms with Gasteiger partial charge in [0.05, 0.1) is 0 Å². The van der Waals surface area contributed by atoms with Crippen LogP contribution in [0.4, 0.5) is 0 Å². The van der Waals surface area contributed by atoms with Crippen molar-refractivity contribution in [2.24, 2.45) is 0 Å². The molecule has 1 aromatic rings. The number of rotatable bonds is 0. The monoisotopic (exact) mass is 246 g/mol. The van der Waals surface area contributed by atoms with Crippen LogP contribution in [0.2, 0.25) is 0 Å². The molecular weight excluding hydrogens is 228 g/mol. The van der Waals surface area contributed by atoms with Gasteiger partial charge in [0.1, 0.15) is 6.10 Å². The van der Waals surface area contributed by atoms with Crippen LogP contribution in [0.25, 0.3) is 5.57 Å². The molecule has 2 aliphatic rings. The van der Waals surface area contributed by atoms with E-state index in [9.17, 15) is 0 Å². The van der Waals surface area contributed by atoms with E-state index in [-0.39, 0.29) is 6.10 Å². The summed E-state index contributed by atoms with van der Waals surface area (Å²) < 4.78 is 5.98. The maximum atomic E-state index is 5.98. The van der Waals surface area contributed by atoms with Crippen molar-refractivity contribution in [3.63, 3.8) is 0 Å². The zero-order valence-corrected chi connectivity index (χ0v) is 11.2. The second-order valence-electron chi connectivity index (χ2n) is 5.61. The highest BCUT2D eigenvalue weighted by molar-refractivity contribution is 5.71. The maximum absolute atomic E-state index is 5.98. The first-order chi connectivity index (χ1) is 8.42. The van der Waals surface area contributed by atoms with Crippen LogP contribution in [0.15, 0.2) is 30.3 Å². The highest BCUT2D eigenvalue weighted by Gasteiger charge is 2.49. The molecule has 1 fully saturated rings. The van der Waals surface area contributed by atoms with E-state index in [1.54, 1.807) is 0 Å². The van der Waals surface area contributed by atoms with Gasteiger partial charge in [-0.2, -0.15) is 0 Å². The Labute approximate surface area is 107 Å². The largest absolute Gasteiger partial charge is 0.337 e. The second kappa shape index (κ2) is 3.67. The van der Waals surface area contributed by atoms with Gasteiger partial charge in [-0.1, -0.05) is 24.3 Å². The molecule has 0 aromatic heterocycles. The van der Waals surface area contributed by atoms with Crippen molar-refractivity contribution in [1.29, 1.82) is 0 Å². The SMILES string of the molecule is CC1=C[C@@H]2OC(C)(C)OO[C@]2(C)c2ccccc21. The molecule has 3 rings (SSSR count). The number of hydrogen-bond acceptors (Lipinski definition) is 3. The first-order valence-corrected chi connectivity index (χ1v) is 6.25. The molecule has 18 heavy (non-hydrogen) atoms. The molecule has 1 saturated heterocycles. The predicted octanol–water partition coefficient (Wildman–Crippen LogP) is 3.40. The topological polar surface area (TPSA) is 27.7 Å². The Bertz CT molecular complexity index is 518. The summed E-state index contributed by atoms with van der Waals surface area (Å²) in [6.45, 7) is 7.82. The lowest BCUT2D eigenvalue weighted by atomic mass is 9.79. The maximum Gasteiger partial charge on any atom is 0.196 e. The van der Waals surface area contributed by atoms with Gasteiger partial charge >= 0.3 is 0 Å². The van der Waals surface area contributed by atoms with Crippen molar-refractivity contribution >= 4 is 5.57 Å². The number of allylic oxidation sites excluding steroid dienone is 1. The van der Waals surface area contributed by atoms with Crippen LogP contribution in [0, 0.1) is 0 Å². The fraction of sp³-hybridized carbons (Fsp3) is 0.467. The average molecular weight is 246 g/mol. The molecule has 0 unspecified atom stereocenters. The Balaban J connectivity index is 2.12. The van der Waals surface area contributed by atoms with Gasteiger partial charge in [-0.25, -0.2) is 9.78 Å². The summed E-state index contributed by atoms with van der Waals surface area (Å²) in [6.07, 6.45) is 1.99. The van der Waals surface area contributed by atoms with Crippen LogP contribution >= 0.6 is 0 Å². The van der Waals surface area contributed by atoms with Gasteiger partial charge in [-0.05, 0) is 50.5 Å². The normalized spacial score (nSPS) is 33.3. The molecule has 1 aliphatic carbocycles. The standard InChI is InChI=1S/C15H18O3/c1-10-9-13-15(4,18-17-14(2,3)16-13)12-8-6-5-7-11(10)12/h5-9,13H,1-4H3/t13-,15+/m0/s1. The number of benzene rings is 1. The third kappa shape index (κ3) is 1.62. The Hall–Kier alpha value is -1.16. The fourth-order valence-electron chi connectivity index (χ4n) is 2.64. The molecule has 0 N–H and O–H groups in total. The third-order valence-electron chi connectivity index (χ3n) is 3.66. The second-order valence-corrected chi connectivity index (χ2v) is 5.61. The van der Waals surface area contributed by atoms with Gasteiger partial charge in [0.15, 0.2) is 11.4 Å². The lowest BCUT2D eigenvalue weighted by molar-refractivity contribution is -0.517. The van der Waals surface area contributed by atoms with Crippen LogP contribution in [-0.4, -0.2) is 11.9 Å². The van der Waals surface area contributed by atoms with Crippen LogP contribution in [0.1, 0.15) is 38.8 Å². The first kappa shape index (κ1) is 11.9. The lowest BCUT2D eigenvalue weighted by Gasteiger charge is -2.47. The lowest BCUT2D eigenvalue weighted by Crippen LogP contribution is -2.53. The van der Waals surface area contributed by atoms with Gasteiger partial charge in [0.2, 0.25) is 0 Å². The molecule has 0 saturated carbocycles. The van der Waals surface area contributed by atoms with E-state index >= 15 is 0 Å². The Morgan fingerprint density at radius 1 is 1.06 bits per heavy atom. The Morgan fingerprint density at radius 3 is 2.56 bits per heavy atom. The van der Waals surface area contributed by atoms with E-state index in [0.29, 0.717) is 0 Å². The van der Waals surface area contributed by atoms with Gasteiger partial charge in [0.25, 0.3) is 0 Å². The molecule has 0 amide bonds. The Kier molecular flexibility index (Phi) is 2.43.